The fourth-order valence-corrected chi connectivity index (χ4v) is 4.26. The molecule has 3 saturated carbocycles. The number of piperidine rings is 1. The number of hydrogen-bond donors (Lipinski definition) is 1. The highest BCUT2D eigenvalue weighted by Crippen LogP contribution is 2.66. The summed E-state index contributed by atoms with van der Waals surface area (Å²) >= 11 is 0. The maximum Gasteiger partial charge on any atom is 0.223 e. The van der Waals surface area contributed by atoms with Crippen LogP contribution in [-0.2, 0) is 11.3 Å². The third kappa shape index (κ3) is 2.35. The molecular weight excluding hydrogens is 268 g/mol. The Bertz CT molecular complexity index is 517. The standard InChI is InChI=1S/C15H22N4O2/c20-13(10-14-7-12(8-14)9-14)18-4-1-15(21,2-5-18)11-19-6-3-16-17-19/h3,6,12,21H,1-2,4-5,7-11H2. The van der Waals surface area contributed by atoms with Crippen LogP contribution < -0.4 is 0 Å². The van der Waals surface area contributed by atoms with Crippen molar-refractivity contribution in [2.24, 2.45) is 11.3 Å². The monoisotopic (exact) mass is 290 g/mol. The highest BCUT2D eigenvalue weighted by molar-refractivity contribution is 5.77. The Morgan fingerprint density at radius 1 is 1.29 bits per heavy atom. The van der Waals surface area contributed by atoms with E-state index >= 15 is 0 Å². The number of aliphatic hydroxyl groups is 1. The lowest BCUT2D eigenvalue weighted by Gasteiger charge is -2.62. The Labute approximate surface area is 124 Å². The van der Waals surface area contributed by atoms with Gasteiger partial charge in [-0.15, -0.1) is 5.10 Å². The molecule has 0 spiro atoms. The van der Waals surface area contributed by atoms with Crippen molar-refractivity contribution >= 4 is 5.91 Å². The molecule has 0 aromatic carbocycles. The molecule has 2 bridgehead atoms. The zero-order valence-electron chi connectivity index (χ0n) is 12.2. The predicted octanol–water partition coefficient (Wildman–Crippen LogP) is 0.822. The molecule has 4 fully saturated rings. The molecule has 1 aromatic heterocycles. The number of rotatable bonds is 4. The van der Waals surface area contributed by atoms with Crippen LogP contribution in [0.15, 0.2) is 12.4 Å². The quantitative estimate of drug-likeness (QED) is 0.891. The van der Waals surface area contributed by atoms with Crippen LogP contribution in [0.25, 0.3) is 0 Å². The van der Waals surface area contributed by atoms with Gasteiger partial charge in [0, 0.05) is 25.7 Å². The van der Waals surface area contributed by atoms with Gasteiger partial charge in [0.15, 0.2) is 0 Å². The third-order valence-corrected chi connectivity index (χ3v) is 5.67. The Morgan fingerprint density at radius 2 is 2.00 bits per heavy atom. The molecule has 1 N–H and O–H groups in total. The first-order chi connectivity index (χ1) is 10.1. The SMILES string of the molecule is O=C(CC12CC(C1)C2)N1CCC(O)(Cn2ccnn2)CC1. The van der Waals surface area contributed by atoms with E-state index in [1.165, 1.54) is 19.3 Å². The maximum absolute atomic E-state index is 12.4. The van der Waals surface area contributed by atoms with E-state index in [0.29, 0.717) is 37.9 Å². The summed E-state index contributed by atoms with van der Waals surface area (Å²) in [5.41, 5.74) is -0.392. The van der Waals surface area contributed by atoms with Gasteiger partial charge in [0.05, 0.1) is 18.3 Å². The normalized spacial score (nSPS) is 33.2. The van der Waals surface area contributed by atoms with Crippen LogP contribution in [0.1, 0.15) is 38.5 Å². The van der Waals surface area contributed by atoms with Crippen molar-refractivity contribution in [3.8, 4) is 0 Å². The van der Waals surface area contributed by atoms with Gasteiger partial charge < -0.3 is 10.0 Å². The van der Waals surface area contributed by atoms with E-state index in [1.807, 2.05) is 4.90 Å². The summed E-state index contributed by atoms with van der Waals surface area (Å²) in [4.78, 5) is 14.3. The van der Waals surface area contributed by atoms with Crippen molar-refractivity contribution in [2.75, 3.05) is 13.1 Å². The van der Waals surface area contributed by atoms with E-state index in [-0.39, 0.29) is 5.91 Å². The van der Waals surface area contributed by atoms with Crippen LogP contribution in [0.3, 0.4) is 0 Å². The van der Waals surface area contributed by atoms with Gasteiger partial charge in [0.25, 0.3) is 0 Å². The number of nitrogens with zero attached hydrogens (tertiary/aromatic N) is 4. The van der Waals surface area contributed by atoms with Gasteiger partial charge >= 0.3 is 0 Å². The number of carbonyl (C=O) groups excluding carboxylic acids is 1. The van der Waals surface area contributed by atoms with Crippen molar-refractivity contribution in [1.29, 1.82) is 0 Å². The Morgan fingerprint density at radius 3 is 2.52 bits per heavy atom. The molecule has 1 aliphatic heterocycles. The van der Waals surface area contributed by atoms with Crippen LogP contribution in [-0.4, -0.2) is 49.6 Å². The topological polar surface area (TPSA) is 71.2 Å². The van der Waals surface area contributed by atoms with Crippen molar-refractivity contribution in [2.45, 2.75) is 50.7 Å². The van der Waals surface area contributed by atoms with Crippen LogP contribution in [0.4, 0.5) is 0 Å². The molecule has 0 unspecified atom stereocenters. The van der Waals surface area contributed by atoms with E-state index in [2.05, 4.69) is 10.3 Å². The van der Waals surface area contributed by atoms with E-state index in [9.17, 15) is 9.90 Å². The van der Waals surface area contributed by atoms with Gasteiger partial charge in [-0.25, -0.2) is 4.68 Å². The largest absolute Gasteiger partial charge is 0.388 e. The highest BCUT2D eigenvalue weighted by atomic mass is 16.3. The number of amides is 1. The van der Waals surface area contributed by atoms with Crippen molar-refractivity contribution in [3.63, 3.8) is 0 Å². The summed E-state index contributed by atoms with van der Waals surface area (Å²) in [6, 6.07) is 0. The van der Waals surface area contributed by atoms with Crippen LogP contribution in [0.5, 0.6) is 0 Å². The van der Waals surface area contributed by atoms with Gasteiger partial charge in [-0.3, -0.25) is 4.79 Å². The Balaban J connectivity index is 1.30. The molecule has 4 aliphatic rings. The molecule has 0 atom stereocenters. The lowest BCUT2D eigenvalue weighted by atomic mass is 9.43. The zero-order chi connectivity index (χ0) is 14.5. The lowest BCUT2D eigenvalue weighted by molar-refractivity contribution is -0.156. The van der Waals surface area contributed by atoms with Crippen molar-refractivity contribution in [3.05, 3.63) is 12.4 Å². The van der Waals surface area contributed by atoms with Gasteiger partial charge in [0.2, 0.25) is 5.91 Å². The highest BCUT2D eigenvalue weighted by Gasteiger charge is 2.57. The molecule has 2 heterocycles. The fourth-order valence-electron chi connectivity index (χ4n) is 4.26. The van der Waals surface area contributed by atoms with Crippen LogP contribution in [0.2, 0.25) is 0 Å². The second-order valence-electron chi connectivity index (χ2n) is 7.36. The summed E-state index contributed by atoms with van der Waals surface area (Å²) in [6.45, 7) is 1.77. The molecule has 6 nitrogen and oxygen atoms in total. The number of likely N-dealkylation sites (tertiary alicyclic amines) is 1. The minimum Gasteiger partial charge on any atom is -0.388 e. The van der Waals surface area contributed by atoms with Crippen LogP contribution >= 0.6 is 0 Å². The second-order valence-corrected chi connectivity index (χ2v) is 7.36. The Hall–Kier alpha value is -1.43. The number of hydrogen-bond acceptors (Lipinski definition) is 4. The first kappa shape index (κ1) is 13.2. The first-order valence-corrected chi connectivity index (χ1v) is 7.90. The molecule has 0 radical (unpaired) electrons. The molecular formula is C15H22N4O2. The number of carbonyl (C=O) groups is 1. The summed E-state index contributed by atoms with van der Waals surface area (Å²) in [5, 5.41) is 18.3. The lowest BCUT2D eigenvalue weighted by Crippen LogP contribution is -2.55. The van der Waals surface area contributed by atoms with Gasteiger partial charge in [-0.1, -0.05) is 5.21 Å². The molecule has 3 aliphatic carbocycles. The summed E-state index contributed by atoms with van der Waals surface area (Å²) in [6.07, 6.45) is 9.14. The molecule has 6 heteroatoms. The molecule has 114 valence electrons. The summed E-state index contributed by atoms with van der Waals surface area (Å²) in [7, 11) is 0. The minimum absolute atomic E-state index is 0.288. The first-order valence-electron chi connectivity index (χ1n) is 7.90. The summed E-state index contributed by atoms with van der Waals surface area (Å²) < 4.78 is 1.67. The van der Waals surface area contributed by atoms with Crippen LogP contribution in [0, 0.1) is 11.3 Å². The van der Waals surface area contributed by atoms with Crippen molar-refractivity contribution < 1.29 is 9.90 Å². The third-order valence-electron chi connectivity index (χ3n) is 5.67. The van der Waals surface area contributed by atoms with Crippen molar-refractivity contribution in [1.82, 2.24) is 19.9 Å². The molecule has 1 saturated heterocycles. The molecule has 1 amide bonds. The van der Waals surface area contributed by atoms with Gasteiger partial charge in [-0.2, -0.15) is 0 Å². The van der Waals surface area contributed by atoms with Gasteiger partial charge in [0.1, 0.15) is 0 Å². The molecule has 5 rings (SSSR count). The Kier molecular flexibility index (Phi) is 2.86. The number of aromatic nitrogens is 3. The fraction of sp³-hybridized carbons (Fsp3) is 0.800. The smallest absolute Gasteiger partial charge is 0.223 e. The van der Waals surface area contributed by atoms with E-state index in [4.69, 9.17) is 0 Å². The van der Waals surface area contributed by atoms with Gasteiger partial charge in [-0.05, 0) is 43.4 Å². The molecule has 21 heavy (non-hydrogen) atoms. The zero-order valence-corrected chi connectivity index (χ0v) is 12.2. The van der Waals surface area contributed by atoms with E-state index in [0.717, 1.165) is 12.3 Å². The van der Waals surface area contributed by atoms with E-state index in [1.54, 1.807) is 17.1 Å². The maximum atomic E-state index is 12.4. The minimum atomic E-state index is -0.763. The average Bonchev–Trinajstić information content (AvgIpc) is 2.85. The second kappa shape index (κ2) is 4.53. The predicted molar refractivity (Wildman–Crippen MR) is 75.2 cm³/mol. The average molecular weight is 290 g/mol. The summed E-state index contributed by atoms with van der Waals surface area (Å²) in [5.74, 6) is 1.21. The molecule has 1 aromatic rings. The van der Waals surface area contributed by atoms with E-state index < -0.39 is 5.60 Å².